The number of hydrogen-bond donors (Lipinski definition) is 3. The Balaban J connectivity index is 0.000000434. The Kier molecular flexibility index (Phi) is 12.5. The van der Waals surface area contributed by atoms with E-state index in [9.17, 15) is 4.79 Å². The van der Waals surface area contributed by atoms with E-state index in [0.29, 0.717) is 29.0 Å². The minimum atomic E-state index is -0.202. The number of aromatic amines is 1. The first-order valence-corrected chi connectivity index (χ1v) is 13.1. The van der Waals surface area contributed by atoms with Crippen molar-refractivity contribution in [3.8, 4) is 0 Å². The molecule has 0 radical (unpaired) electrons. The normalized spacial score (nSPS) is 16.5. The molecule has 1 atom stereocenters. The summed E-state index contributed by atoms with van der Waals surface area (Å²) in [6.07, 6.45) is 12.9. The Labute approximate surface area is 216 Å². The molecule has 0 bridgehead atoms. The molecular weight excluding hydrogens is 453 g/mol. The van der Waals surface area contributed by atoms with Gasteiger partial charge in [0.25, 0.3) is 0 Å². The first-order chi connectivity index (χ1) is 17.4. The summed E-state index contributed by atoms with van der Waals surface area (Å²) < 4.78 is 15.0. The lowest BCUT2D eigenvalue weighted by Crippen LogP contribution is -2.27. The number of aliphatic imine (C=N–C) groups is 1. The van der Waals surface area contributed by atoms with Crippen LogP contribution in [0.15, 0.2) is 41.1 Å². The summed E-state index contributed by atoms with van der Waals surface area (Å²) in [4.78, 5) is 22.1. The molecule has 198 valence electrons. The summed E-state index contributed by atoms with van der Waals surface area (Å²) in [6.45, 7) is 7.55. The van der Waals surface area contributed by atoms with Crippen LogP contribution in [0, 0.1) is 11.7 Å². The predicted molar refractivity (Wildman–Crippen MR) is 149 cm³/mol. The molecule has 2 aromatic rings. The second kappa shape index (κ2) is 15.3. The van der Waals surface area contributed by atoms with E-state index in [1.807, 2.05) is 40.1 Å². The number of halogens is 1. The number of nitrogens with zero attached hydrogens (tertiary/aromatic N) is 2. The Morgan fingerprint density at radius 1 is 1.25 bits per heavy atom. The number of imidazole rings is 1. The number of fused-ring (bicyclic) bond motifs is 1. The number of nitrogens with one attached hydrogen (secondary N) is 3. The van der Waals surface area contributed by atoms with Crippen LogP contribution >= 0.6 is 0 Å². The summed E-state index contributed by atoms with van der Waals surface area (Å²) >= 11 is 0. The first-order valence-electron chi connectivity index (χ1n) is 13.1. The fourth-order valence-corrected chi connectivity index (χ4v) is 4.76. The number of allylic oxidation sites excluding steroid dienone is 3. The van der Waals surface area contributed by atoms with E-state index < -0.39 is 0 Å². The van der Waals surface area contributed by atoms with Crippen LogP contribution in [0.25, 0.3) is 11.0 Å². The number of rotatable bonds is 9. The highest BCUT2D eigenvalue weighted by molar-refractivity contribution is 6.13. The number of aldehydes is 1. The molecule has 1 aliphatic carbocycles. The third kappa shape index (κ3) is 8.12. The van der Waals surface area contributed by atoms with Gasteiger partial charge < -0.3 is 15.6 Å². The average Bonchev–Trinajstić information content (AvgIpc) is 3.30. The van der Waals surface area contributed by atoms with E-state index >= 15 is 4.39 Å². The third-order valence-electron chi connectivity index (χ3n) is 7.16. The zero-order valence-electron chi connectivity index (χ0n) is 22.7. The van der Waals surface area contributed by atoms with Crippen molar-refractivity contribution >= 4 is 23.0 Å². The van der Waals surface area contributed by atoms with Gasteiger partial charge >= 0.3 is 0 Å². The predicted octanol–water partition coefficient (Wildman–Crippen LogP) is 6.21. The molecule has 1 saturated carbocycles. The van der Waals surface area contributed by atoms with E-state index in [0.717, 1.165) is 35.5 Å². The Hall–Kier alpha value is -2.80. The van der Waals surface area contributed by atoms with Gasteiger partial charge in [-0.3, -0.25) is 9.79 Å². The van der Waals surface area contributed by atoms with E-state index in [1.165, 1.54) is 44.9 Å². The second-order valence-electron chi connectivity index (χ2n) is 9.45. The van der Waals surface area contributed by atoms with Gasteiger partial charge in [0, 0.05) is 31.1 Å². The van der Waals surface area contributed by atoms with Gasteiger partial charge in [0.1, 0.15) is 11.3 Å². The van der Waals surface area contributed by atoms with Crippen LogP contribution < -0.4 is 10.6 Å². The highest BCUT2D eigenvalue weighted by Gasteiger charge is 2.26. The van der Waals surface area contributed by atoms with Gasteiger partial charge in [0.2, 0.25) is 0 Å². The van der Waals surface area contributed by atoms with Gasteiger partial charge in [-0.2, -0.15) is 0 Å². The largest absolute Gasteiger partial charge is 0.392 e. The molecule has 1 aliphatic rings. The molecular formula is C29H44FN5O. The van der Waals surface area contributed by atoms with Crippen molar-refractivity contribution in [1.82, 2.24) is 20.6 Å². The maximum atomic E-state index is 15.0. The number of H-pyrrole nitrogens is 1. The average molecular weight is 498 g/mol. The molecule has 7 heteroatoms. The molecule has 0 saturated heterocycles. The van der Waals surface area contributed by atoms with Crippen molar-refractivity contribution < 1.29 is 9.18 Å². The molecule has 3 rings (SSSR count). The summed E-state index contributed by atoms with van der Waals surface area (Å²) in [6, 6.07) is 3.98. The summed E-state index contributed by atoms with van der Waals surface area (Å²) in [7, 11) is 5.50. The SMILES string of the molecule is C/C=C(/C=O)C(C)=NC.C=C(CCc1ccc2[nH]c(C(NC)C3CCCCCCC3)nc2c1F)NC. The number of carbonyl (C=O) groups is 1. The number of aryl methyl sites for hydroxylation is 1. The highest BCUT2D eigenvalue weighted by Crippen LogP contribution is 2.33. The standard InChI is InChI=1S/C22H33FN4.C7H11NO/c1-15(24-2)11-12-16-13-14-18-21(19(16)23)27-22(26-18)20(25-3)17-9-7-5-4-6-8-10-17;1-4-7(5-9)6(2)8-3/h13-14,17,20,24-25H,1,4-12H2,2-3H3,(H,26,27);4-5H,1-3H3/b;7-4-,8-6?. The Bertz CT molecular complexity index is 1050. The van der Waals surface area contributed by atoms with Crippen molar-refractivity contribution in [1.29, 1.82) is 0 Å². The molecule has 0 amide bonds. The third-order valence-corrected chi connectivity index (χ3v) is 7.16. The minimum absolute atomic E-state index is 0.155. The molecule has 1 aromatic carbocycles. The van der Waals surface area contributed by atoms with Crippen LogP contribution in [-0.4, -0.2) is 43.1 Å². The molecule has 6 nitrogen and oxygen atoms in total. The number of hydrogen-bond acceptors (Lipinski definition) is 5. The van der Waals surface area contributed by atoms with Gasteiger partial charge in [-0.1, -0.05) is 50.8 Å². The molecule has 0 spiro atoms. The van der Waals surface area contributed by atoms with Gasteiger partial charge in [-0.05, 0) is 64.1 Å². The van der Waals surface area contributed by atoms with Crippen LogP contribution in [0.5, 0.6) is 0 Å². The van der Waals surface area contributed by atoms with Crippen molar-refractivity contribution in [2.45, 2.75) is 77.7 Å². The fourth-order valence-electron chi connectivity index (χ4n) is 4.76. The lowest BCUT2D eigenvalue weighted by atomic mass is 9.85. The van der Waals surface area contributed by atoms with Gasteiger partial charge in [-0.15, -0.1) is 0 Å². The topological polar surface area (TPSA) is 82.2 Å². The monoisotopic (exact) mass is 497 g/mol. The van der Waals surface area contributed by atoms with Crippen LogP contribution in [0.1, 0.15) is 82.6 Å². The van der Waals surface area contributed by atoms with Gasteiger partial charge in [0.05, 0.1) is 11.6 Å². The zero-order chi connectivity index (χ0) is 26.5. The van der Waals surface area contributed by atoms with E-state index in [2.05, 4.69) is 32.2 Å². The van der Waals surface area contributed by atoms with Crippen LogP contribution in [0.2, 0.25) is 0 Å². The van der Waals surface area contributed by atoms with Crippen molar-refractivity contribution in [3.63, 3.8) is 0 Å². The first kappa shape index (κ1) is 29.4. The van der Waals surface area contributed by atoms with Crippen LogP contribution in [-0.2, 0) is 11.2 Å². The number of benzene rings is 1. The lowest BCUT2D eigenvalue weighted by Gasteiger charge is -2.27. The Morgan fingerprint density at radius 2 is 1.92 bits per heavy atom. The fraction of sp³-hybridized carbons (Fsp3) is 0.552. The van der Waals surface area contributed by atoms with E-state index in [-0.39, 0.29) is 11.9 Å². The molecule has 3 N–H and O–H groups in total. The van der Waals surface area contributed by atoms with Gasteiger partial charge in [-0.25, -0.2) is 9.37 Å². The van der Waals surface area contributed by atoms with Crippen LogP contribution in [0.4, 0.5) is 4.39 Å². The molecule has 1 fully saturated rings. The molecule has 36 heavy (non-hydrogen) atoms. The summed E-state index contributed by atoms with van der Waals surface area (Å²) in [5.41, 5.74) is 4.30. The molecule has 1 heterocycles. The van der Waals surface area contributed by atoms with Crippen molar-refractivity contribution in [3.05, 3.63) is 53.3 Å². The van der Waals surface area contributed by atoms with E-state index in [4.69, 9.17) is 0 Å². The van der Waals surface area contributed by atoms with Crippen LogP contribution in [0.3, 0.4) is 0 Å². The molecule has 1 aromatic heterocycles. The smallest absolute Gasteiger partial charge is 0.154 e. The molecule has 0 aliphatic heterocycles. The van der Waals surface area contributed by atoms with E-state index in [1.54, 1.807) is 13.1 Å². The lowest BCUT2D eigenvalue weighted by molar-refractivity contribution is -0.104. The molecule has 1 unspecified atom stereocenters. The quantitative estimate of drug-likeness (QED) is 0.218. The maximum absolute atomic E-state index is 15.0. The Morgan fingerprint density at radius 3 is 2.44 bits per heavy atom. The minimum Gasteiger partial charge on any atom is -0.392 e. The van der Waals surface area contributed by atoms with Gasteiger partial charge in [0.15, 0.2) is 12.1 Å². The number of carbonyl (C=O) groups excluding carboxylic acids is 1. The number of aromatic nitrogens is 2. The summed E-state index contributed by atoms with van der Waals surface area (Å²) in [5.74, 6) is 1.22. The zero-order valence-corrected chi connectivity index (χ0v) is 22.7. The van der Waals surface area contributed by atoms with Crippen molar-refractivity contribution in [2.75, 3.05) is 21.1 Å². The van der Waals surface area contributed by atoms with Crippen molar-refractivity contribution in [2.24, 2.45) is 10.9 Å². The highest BCUT2D eigenvalue weighted by atomic mass is 19.1. The second-order valence-corrected chi connectivity index (χ2v) is 9.45. The maximum Gasteiger partial charge on any atom is 0.154 e. The summed E-state index contributed by atoms with van der Waals surface area (Å²) in [5, 5.41) is 6.46.